The molecule has 564 valence electrons. The van der Waals surface area contributed by atoms with Crippen LogP contribution in [0.5, 0.6) is 0 Å². The number of ether oxygens (including phenoxy) is 4. The van der Waals surface area contributed by atoms with E-state index in [1.165, 1.54) is 225 Å². The molecule has 0 radical (unpaired) electrons. The van der Waals surface area contributed by atoms with Crippen LogP contribution >= 0.6 is 15.6 Å². The Bertz CT molecular complexity index is 1820. The van der Waals surface area contributed by atoms with E-state index < -0.39 is 97.5 Å². The van der Waals surface area contributed by atoms with Gasteiger partial charge in [0.05, 0.1) is 26.4 Å². The van der Waals surface area contributed by atoms with Crippen molar-refractivity contribution < 1.29 is 80.2 Å². The van der Waals surface area contributed by atoms with Gasteiger partial charge in [-0.25, -0.2) is 9.13 Å². The van der Waals surface area contributed by atoms with Gasteiger partial charge in [0.1, 0.15) is 19.3 Å². The normalized spacial score (nSPS) is 13.9. The van der Waals surface area contributed by atoms with Crippen molar-refractivity contribution in [2.75, 3.05) is 39.6 Å². The third-order valence-electron chi connectivity index (χ3n) is 17.8. The molecule has 0 saturated carbocycles. The van der Waals surface area contributed by atoms with Crippen LogP contribution in [0.2, 0.25) is 0 Å². The molecule has 2 unspecified atom stereocenters. The first-order valence-corrected chi connectivity index (χ1v) is 42.6. The van der Waals surface area contributed by atoms with Crippen LogP contribution in [0, 0.1) is 5.92 Å². The van der Waals surface area contributed by atoms with E-state index in [0.29, 0.717) is 25.7 Å². The first-order chi connectivity index (χ1) is 46.0. The van der Waals surface area contributed by atoms with Gasteiger partial charge in [-0.15, -0.1) is 0 Å². The highest BCUT2D eigenvalue weighted by Crippen LogP contribution is 2.45. The Morgan fingerprint density at radius 3 is 0.716 bits per heavy atom. The number of hydrogen-bond donors (Lipinski definition) is 3. The zero-order valence-electron chi connectivity index (χ0n) is 61.8. The summed E-state index contributed by atoms with van der Waals surface area (Å²) < 4.78 is 68.6. The van der Waals surface area contributed by atoms with Crippen LogP contribution in [0.4, 0.5) is 0 Å². The number of esters is 4. The first-order valence-electron chi connectivity index (χ1n) is 39.6. The van der Waals surface area contributed by atoms with Crippen LogP contribution in [0.15, 0.2) is 0 Å². The lowest BCUT2D eigenvalue weighted by Crippen LogP contribution is -2.30. The molecule has 0 saturated heterocycles. The van der Waals surface area contributed by atoms with E-state index in [2.05, 4.69) is 34.6 Å². The number of phosphoric ester groups is 2. The molecule has 5 atom stereocenters. The van der Waals surface area contributed by atoms with Gasteiger partial charge in [-0.05, 0) is 31.6 Å². The number of carbonyl (C=O) groups excluding carboxylic acids is 4. The number of aliphatic hydroxyl groups is 1. The molecule has 0 aliphatic carbocycles. The number of carbonyl (C=O) groups is 4. The molecule has 95 heavy (non-hydrogen) atoms. The van der Waals surface area contributed by atoms with Crippen molar-refractivity contribution in [1.29, 1.82) is 0 Å². The van der Waals surface area contributed by atoms with Gasteiger partial charge in [0.25, 0.3) is 0 Å². The largest absolute Gasteiger partial charge is 0.472 e. The third-order valence-corrected chi connectivity index (χ3v) is 19.7. The Kier molecular flexibility index (Phi) is 67.7. The number of aliphatic hydroxyl groups excluding tert-OH is 1. The molecule has 0 aliphatic rings. The molecule has 0 aromatic carbocycles. The molecular weight excluding hydrogens is 1250 g/mol. The SMILES string of the molecule is CCCCCCCCCCCCCCCCC(=O)OC[C@H](COP(=O)(O)OC[C@@H](O)COP(=O)(O)OC[C@@H](COC(=O)CCCCCCCCCCCCCC)OC(=O)CCCCCCCCCCCCCCC)OC(=O)CCCCCCCCCCCCCCCC(C)C. The quantitative estimate of drug-likeness (QED) is 0.0222. The van der Waals surface area contributed by atoms with Gasteiger partial charge in [0.2, 0.25) is 0 Å². The van der Waals surface area contributed by atoms with Crippen LogP contribution in [0.1, 0.15) is 401 Å². The van der Waals surface area contributed by atoms with Crippen molar-refractivity contribution in [3.05, 3.63) is 0 Å². The lowest BCUT2D eigenvalue weighted by atomic mass is 10.0. The monoisotopic (exact) mass is 1400 g/mol. The van der Waals surface area contributed by atoms with E-state index >= 15 is 0 Å². The van der Waals surface area contributed by atoms with E-state index in [0.717, 1.165) is 95.8 Å². The molecule has 0 aromatic rings. The van der Waals surface area contributed by atoms with Crippen molar-refractivity contribution in [2.24, 2.45) is 5.92 Å². The summed E-state index contributed by atoms with van der Waals surface area (Å²) >= 11 is 0. The maximum atomic E-state index is 13.1. The molecule has 0 aromatic heterocycles. The smallest absolute Gasteiger partial charge is 0.462 e. The lowest BCUT2D eigenvalue weighted by molar-refractivity contribution is -0.161. The van der Waals surface area contributed by atoms with Crippen LogP contribution in [-0.2, 0) is 65.4 Å². The predicted molar refractivity (Wildman–Crippen MR) is 386 cm³/mol. The van der Waals surface area contributed by atoms with Crippen molar-refractivity contribution in [3.63, 3.8) is 0 Å². The number of rotatable bonds is 76. The minimum atomic E-state index is -4.96. The molecular formula is C76H148O17P2. The van der Waals surface area contributed by atoms with Crippen molar-refractivity contribution in [3.8, 4) is 0 Å². The van der Waals surface area contributed by atoms with Gasteiger partial charge >= 0.3 is 39.5 Å². The highest BCUT2D eigenvalue weighted by molar-refractivity contribution is 7.47. The summed E-state index contributed by atoms with van der Waals surface area (Å²) in [6, 6.07) is 0. The average molecular weight is 1400 g/mol. The average Bonchev–Trinajstić information content (AvgIpc) is 1.82. The molecule has 0 rings (SSSR count). The maximum Gasteiger partial charge on any atom is 0.472 e. The molecule has 0 heterocycles. The lowest BCUT2D eigenvalue weighted by Gasteiger charge is -2.21. The predicted octanol–water partition coefficient (Wildman–Crippen LogP) is 22.5. The minimum absolute atomic E-state index is 0.108. The van der Waals surface area contributed by atoms with E-state index in [-0.39, 0.29) is 25.7 Å². The summed E-state index contributed by atoms with van der Waals surface area (Å²) in [7, 11) is -9.91. The fraction of sp³-hybridized carbons (Fsp3) is 0.947. The second kappa shape index (κ2) is 69.2. The van der Waals surface area contributed by atoms with E-state index in [1.807, 2.05) is 0 Å². The summed E-state index contributed by atoms with van der Waals surface area (Å²) in [6.07, 6.45) is 58.0. The second-order valence-corrected chi connectivity index (χ2v) is 30.8. The van der Waals surface area contributed by atoms with Gasteiger partial charge in [-0.2, -0.15) is 0 Å². The second-order valence-electron chi connectivity index (χ2n) is 27.9. The molecule has 0 aliphatic heterocycles. The molecule has 0 amide bonds. The molecule has 0 bridgehead atoms. The standard InChI is InChI=1S/C76H148O17P2/c1-6-9-12-15-18-21-24-27-31-35-40-45-50-55-60-74(79)87-66-72(93-76(81)62-57-52-47-42-37-32-28-30-33-38-43-48-53-58-69(4)5)68-91-95(84,85)89-64-70(77)63-88-94(82,83)90-67-71(65-86-73(78)59-54-49-44-39-34-26-23-20-17-14-11-8-3)92-75(80)61-56-51-46-41-36-29-25-22-19-16-13-10-7-2/h69-72,77H,6-68H2,1-5H3,(H,82,83)(H,84,85)/t70-,71+,72+/m0/s1. The highest BCUT2D eigenvalue weighted by Gasteiger charge is 2.30. The molecule has 19 heteroatoms. The zero-order valence-corrected chi connectivity index (χ0v) is 63.6. The Labute approximate surface area is 581 Å². The van der Waals surface area contributed by atoms with Crippen LogP contribution in [-0.4, -0.2) is 96.7 Å². The van der Waals surface area contributed by atoms with Crippen LogP contribution in [0.3, 0.4) is 0 Å². The number of hydrogen-bond acceptors (Lipinski definition) is 15. The summed E-state index contributed by atoms with van der Waals surface area (Å²) in [5, 5.41) is 10.6. The summed E-state index contributed by atoms with van der Waals surface area (Å²) in [4.78, 5) is 72.8. The highest BCUT2D eigenvalue weighted by atomic mass is 31.2. The summed E-state index contributed by atoms with van der Waals surface area (Å²) in [5.74, 6) is -1.32. The summed E-state index contributed by atoms with van der Waals surface area (Å²) in [5.41, 5.74) is 0. The topological polar surface area (TPSA) is 237 Å². The van der Waals surface area contributed by atoms with Gasteiger partial charge in [0, 0.05) is 25.7 Å². The van der Waals surface area contributed by atoms with Crippen LogP contribution < -0.4 is 0 Å². The Morgan fingerprint density at radius 2 is 0.484 bits per heavy atom. The van der Waals surface area contributed by atoms with E-state index in [9.17, 15) is 43.2 Å². The zero-order chi connectivity index (χ0) is 69.8. The Balaban J connectivity index is 5.26. The molecule has 0 fully saturated rings. The summed E-state index contributed by atoms with van der Waals surface area (Å²) in [6.45, 7) is 7.32. The van der Waals surface area contributed by atoms with Crippen molar-refractivity contribution >= 4 is 39.5 Å². The van der Waals surface area contributed by atoms with E-state index in [1.54, 1.807) is 0 Å². The third kappa shape index (κ3) is 70.3. The molecule has 0 spiro atoms. The van der Waals surface area contributed by atoms with Crippen LogP contribution in [0.25, 0.3) is 0 Å². The van der Waals surface area contributed by atoms with Crippen molar-refractivity contribution in [1.82, 2.24) is 0 Å². The fourth-order valence-corrected chi connectivity index (χ4v) is 13.3. The molecule has 3 N–H and O–H groups in total. The van der Waals surface area contributed by atoms with Gasteiger partial charge in [-0.1, -0.05) is 349 Å². The minimum Gasteiger partial charge on any atom is -0.462 e. The first kappa shape index (κ1) is 93.1. The molecule has 17 nitrogen and oxygen atoms in total. The van der Waals surface area contributed by atoms with Gasteiger partial charge in [0.15, 0.2) is 12.2 Å². The van der Waals surface area contributed by atoms with Crippen molar-refractivity contribution in [2.45, 2.75) is 419 Å². The Morgan fingerprint density at radius 1 is 0.284 bits per heavy atom. The number of phosphoric acid groups is 2. The van der Waals surface area contributed by atoms with Gasteiger partial charge in [-0.3, -0.25) is 37.3 Å². The maximum absolute atomic E-state index is 13.1. The number of unbranched alkanes of at least 4 members (excludes halogenated alkanes) is 48. The van der Waals surface area contributed by atoms with Gasteiger partial charge < -0.3 is 33.8 Å². The van der Waals surface area contributed by atoms with E-state index in [4.69, 9.17) is 37.0 Å². The fourth-order valence-electron chi connectivity index (χ4n) is 11.7. The Hall–Kier alpha value is -1.94.